The van der Waals surface area contributed by atoms with Gasteiger partial charge in [0.05, 0.1) is 17.8 Å². The molecule has 27 heavy (non-hydrogen) atoms. The second-order valence-corrected chi connectivity index (χ2v) is 6.64. The zero-order chi connectivity index (χ0) is 19.4. The van der Waals surface area contributed by atoms with Crippen molar-refractivity contribution in [2.75, 3.05) is 0 Å². The van der Waals surface area contributed by atoms with Gasteiger partial charge in [-0.1, -0.05) is 12.1 Å². The molecule has 0 spiro atoms. The summed E-state index contributed by atoms with van der Waals surface area (Å²) in [5, 5.41) is 12.6. The van der Waals surface area contributed by atoms with Crippen molar-refractivity contribution in [3.8, 4) is 28.7 Å². The van der Waals surface area contributed by atoms with Crippen LogP contribution in [0.1, 0.15) is 26.3 Å². The van der Waals surface area contributed by atoms with Crippen molar-refractivity contribution in [2.24, 2.45) is 0 Å². The van der Waals surface area contributed by atoms with Gasteiger partial charge in [0.2, 0.25) is 0 Å². The third-order valence-corrected chi connectivity index (χ3v) is 3.83. The van der Waals surface area contributed by atoms with Crippen LogP contribution in [0.3, 0.4) is 0 Å². The second kappa shape index (κ2) is 8.12. The Morgan fingerprint density at radius 3 is 2.48 bits per heavy atom. The lowest BCUT2D eigenvalue weighted by Gasteiger charge is -2.16. The molecule has 0 saturated carbocycles. The molecule has 6 heteroatoms. The Bertz CT molecular complexity index is 907. The lowest BCUT2D eigenvalue weighted by molar-refractivity contribution is 0.220. The van der Waals surface area contributed by atoms with Crippen molar-refractivity contribution >= 4 is 0 Å². The normalized spacial score (nSPS) is 12.2. The smallest absolute Gasteiger partial charge is 0.252 e. The van der Waals surface area contributed by atoms with E-state index in [2.05, 4.69) is 5.16 Å². The third kappa shape index (κ3) is 5.00. The Kier molecular flexibility index (Phi) is 5.64. The molecule has 5 nitrogen and oxygen atoms in total. The van der Waals surface area contributed by atoms with Crippen LogP contribution < -0.4 is 9.47 Å². The number of halogens is 1. The minimum absolute atomic E-state index is 0.113. The van der Waals surface area contributed by atoms with Gasteiger partial charge in [0, 0.05) is 18.6 Å². The Morgan fingerprint density at radius 2 is 1.81 bits per heavy atom. The minimum atomic E-state index is -0.511. The highest BCUT2D eigenvalue weighted by Gasteiger charge is 2.14. The predicted octanol–water partition coefficient (Wildman–Crippen LogP) is 4.98. The molecular weight excluding hydrogens is 349 g/mol. The number of aromatic hydroxyl groups is 1. The number of rotatable bonds is 7. The number of nitrogens with zero attached hydrogens (tertiary/aromatic N) is 1. The molecule has 1 aromatic heterocycles. The summed E-state index contributed by atoms with van der Waals surface area (Å²) in [6.07, 6.45) is 0.620. The minimum Gasteiger partial charge on any atom is -0.491 e. The Morgan fingerprint density at radius 1 is 1.04 bits per heavy atom. The van der Waals surface area contributed by atoms with Crippen LogP contribution in [-0.2, 0) is 6.42 Å². The Balaban J connectivity index is 1.66. The number of hydrogen-bond acceptors (Lipinski definition) is 5. The van der Waals surface area contributed by atoms with Crippen molar-refractivity contribution in [2.45, 2.75) is 39.4 Å². The van der Waals surface area contributed by atoms with E-state index in [4.69, 9.17) is 14.0 Å². The van der Waals surface area contributed by atoms with Crippen LogP contribution in [0.2, 0.25) is 0 Å². The van der Waals surface area contributed by atoms with Gasteiger partial charge in [0.25, 0.3) is 5.88 Å². The largest absolute Gasteiger partial charge is 0.491 e. The second-order valence-electron chi connectivity index (χ2n) is 6.64. The molecule has 0 radical (unpaired) electrons. The molecule has 2 aromatic carbocycles. The van der Waals surface area contributed by atoms with Gasteiger partial charge >= 0.3 is 0 Å². The van der Waals surface area contributed by atoms with Crippen LogP contribution >= 0.6 is 0 Å². The average Bonchev–Trinajstić information content (AvgIpc) is 3.00. The number of aromatic nitrogens is 1. The fraction of sp³-hybridized carbons (Fsp3) is 0.286. The molecular formula is C21H22FNO4. The predicted molar refractivity (Wildman–Crippen MR) is 99.6 cm³/mol. The molecule has 1 atom stereocenters. The molecule has 142 valence electrons. The molecule has 0 bridgehead atoms. The first-order valence-corrected chi connectivity index (χ1v) is 8.78. The number of benzene rings is 2. The topological polar surface area (TPSA) is 64.7 Å². The van der Waals surface area contributed by atoms with Crippen molar-refractivity contribution in [3.05, 3.63) is 59.9 Å². The van der Waals surface area contributed by atoms with Crippen LogP contribution in [0.5, 0.6) is 17.4 Å². The third-order valence-electron chi connectivity index (χ3n) is 3.83. The van der Waals surface area contributed by atoms with Crippen LogP contribution in [0.4, 0.5) is 4.39 Å². The van der Waals surface area contributed by atoms with E-state index >= 15 is 0 Å². The van der Waals surface area contributed by atoms with Crippen LogP contribution in [0.15, 0.2) is 53.1 Å². The molecule has 0 saturated heterocycles. The van der Waals surface area contributed by atoms with E-state index in [1.165, 1.54) is 18.2 Å². The van der Waals surface area contributed by atoms with Crippen molar-refractivity contribution < 1.29 is 23.5 Å². The van der Waals surface area contributed by atoms with Crippen molar-refractivity contribution in [1.82, 2.24) is 5.16 Å². The first kappa shape index (κ1) is 18.8. The maximum absolute atomic E-state index is 14.3. The molecule has 1 unspecified atom stereocenters. The van der Waals surface area contributed by atoms with Gasteiger partial charge in [-0.25, -0.2) is 4.39 Å². The van der Waals surface area contributed by atoms with E-state index in [1.54, 1.807) is 6.07 Å². The number of hydrogen-bond donors (Lipinski definition) is 1. The molecule has 1 N–H and O–H groups in total. The van der Waals surface area contributed by atoms with E-state index in [0.717, 1.165) is 11.3 Å². The summed E-state index contributed by atoms with van der Waals surface area (Å²) in [5.41, 5.74) is 1.29. The molecule has 0 amide bonds. The monoisotopic (exact) mass is 371 g/mol. The van der Waals surface area contributed by atoms with E-state index < -0.39 is 5.82 Å². The van der Waals surface area contributed by atoms with Gasteiger partial charge in [0.15, 0.2) is 5.76 Å². The lowest BCUT2D eigenvalue weighted by atomic mass is 10.1. The highest BCUT2D eigenvalue weighted by Crippen LogP contribution is 2.29. The molecule has 3 aromatic rings. The van der Waals surface area contributed by atoms with Crippen LogP contribution in [-0.4, -0.2) is 22.5 Å². The maximum atomic E-state index is 14.3. The molecule has 3 rings (SSSR count). The van der Waals surface area contributed by atoms with Crippen LogP contribution in [0, 0.1) is 5.82 Å². The van der Waals surface area contributed by atoms with Crippen LogP contribution in [0.25, 0.3) is 11.3 Å². The summed E-state index contributed by atoms with van der Waals surface area (Å²) >= 11 is 0. The van der Waals surface area contributed by atoms with E-state index in [9.17, 15) is 9.50 Å². The number of ether oxygens (including phenoxy) is 2. The SMILES string of the molecule is CC(C)Oc1cccc(CC(C)Oc2ccc(-c3cc(O)no3)c(F)c2)c1. The van der Waals surface area contributed by atoms with E-state index in [0.29, 0.717) is 12.2 Å². The Labute approximate surface area is 157 Å². The maximum Gasteiger partial charge on any atom is 0.252 e. The lowest BCUT2D eigenvalue weighted by Crippen LogP contribution is -2.15. The Hall–Kier alpha value is -3.02. The van der Waals surface area contributed by atoms with E-state index in [-0.39, 0.29) is 29.4 Å². The highest BCUT2D eigenvalue weighted by molar-refractivity contribution is 5.60. The zero-order valence-corrected chi connectivity index (χ0v) is 15.5. The fourth-order valence-corrected chi connectivity index (χ4v) is 2.79. The van der Waals surface area contributed by atoms with Gasteiger partial charge in [-0.05, 0) is 55.8 Å². The average molecular weight is 371 g/mol. The first-order valence-electron chi connectivity index (χ1n) is 8.78. The fourth-order valence-electron chi connectivity index (χ4n) is 2.79. The van der Waals surface area contributed by atoms with E-state index in [1.807, 2.05) is 45.0 Å². The molecule has 0 aliphatic rings. The highest BCUT2D eigenvalue weighted by atomic mass is 19.1. The molecule has 1 heterocycles. The van der Waals surface area contributed by atoms with Gasteiger partial charge in [0.1, 0.15) is 17.3 Å². The zero-order valence-electron chi connectivity index (χ0n) is 15.5. The van der Waals surface area contributed by atoms with Gasteiger partial charge in [-0.2, -0.15) is 0 Å². The van der Waals surface area contributed by atoms with Gasteiger partial charge < -0.3 is 19.1 Å². The standard InChI is InChI=1S/C21H22FNO4/c1-13(2)25-16-6-4-5-15(10-16)9-14(3)26-17-7-8-18(19(22)11-17)20-12-21(24)23-27-20/h4-8,10-14H,9H2,1-3H3,(H,23,24). The summed E-state index contributed by atoms with van der Waals surface area (Å²) < 4.78 is 30.8. The summed E-state index contributed by atoms with van der Waals surface area (Å²) in [7, 11) is 0. The van der Waals surface area contributed by atoms with Gasteiger partial charge in [-0.3, -0.25) is 0 Å². The summed E-state index contributed by atoms with van der Waals surface area (Å²) in [4.78, 5) is 0. The van der Waals surface area contributed by atoms with Gasteiger partial charge in [-0.15, -0.1) is 0 Å². The molecule has 0 aliphatic carbocycles. The molecule has 0 aliphatic heterocycles. The molecule has 0 fully saturated rings. The van der Waals surface area contributed by atoms with Crippen molar-refractivity contribution in [1.29, 1.82) is 0 Å². The van der Waals surface area contributed by atoms with Crippen molar-refractivity contribution in [3.63, 3.8) is 0 Å². The summed E-state index contributed by atoms with van der Waals surface area (Å²) in [5.74, 6) is 0.597. The first-order chi connectivity index (χ1) is 12.9. The summed E-state index contributed by atoms with van der Waals surface area (Å²) in [6.45, 7) is 5.89. The quantitative estimate of drug-likeness (QED) is 0.634. The summed E-state index contributed by atoms with van der Waals surface area (Å²) in [6, 6.07) is 13.6.